The maximum Gasteiger partial charge on any atom is 0.221 e. The quantitative estimate of drug-likeness (QED) is 0.651. The summed E-state index contributed by atoms with van der Waals surface area (Å²) in [6.45, 7) is 7.09. The highest BCUT2D eigenvalue weighted by atomic mass is 16.5. The lowest BCUT2D eigenvalue weighted by Crippen LogP contribution is -2.46. The Labute approximate surface area is 103 Å². The van der Waals surface area contributed by atoms with E-state index in [1.54, 1.807) is 0 Å². The molecule has 1 rings (SSSR count). The van der Waals surface area contributed by atoms with Crippen molar-refractivity contribution in [3.63, 3.8) is 0 Å². The molecule has 1 aliphatic rings. The van der Waals surface area contributed by atoms with Crippen LogP contribution in [0.5, 0.6) is 0 Å². The number of amides is 1. The summed E-state index contributed by atoms with van der Waals surface area (Å²) in [5, 5.41) is 12.7. The number of nitrogens with two attached hydrogens (primary N) is 1. The Morgan fingerprint density at radius 3 is 2.71 bits per heavy atom. The van der Waals surface area contributed by atoms with Gasteiger partial charge in [-0.25, -0.2) is 0 Å². The van der Waals surface area contributed by atoms with E-state index in [1.165, 1.54) is 0 Å². The molecule has 17 heavy (non-hydrogen) atoms. The van der Waals surface area contributed by atoms with Gasteiger partial charge in [0.05, 0.1) is 6.61 Å². The number of rotatable bonds is 4. The van der Waals surface area contributed by atoms with Crippen molar-refractivity contribution in [3.8, 4) is 0 Å². The number of nitrogens with one attached hydrogen (secondary N) is 1. The first-order chi connectivity index (χ1) is 7.73. The monoisotopic (exact) mass is 244 g/mol. The molecule has 1 saturated heterocycles. The molecule has 0 spiro atoms. The molecule has 5 nitrogen and oxygen atoms in total. The second-order valence-electron chi connectivity index (χ2n) is 5.98. The average Bonchev–Trinajstić information content (AvgIpc) is 2.61. The molecule has 0 aromatic rings. The van der Waals surface area contributed by atoms with Gasteiger partial charge in [0, 0.05) is 32.0 Å². The summed E-state index contributed by atoms with van der Waals surface area (Å²) in [4.78, 5) is 11.7. The Morgan fingerprint density at radius 1 is 1.59 bits per heavy atom. The Morgan fingerprint density at radius 2 is 2.24 bits per heavy atom. The second-order valence-corrected chi connectivity index (χ2v) is 5.98. The van der Waals surface area contributed by atoms with E-state index in [4.69, 9.17) is 10.5 Å². The third kappa shape index (κ3) is 4.61. The van der Waals surface area contributed by atoms with Crippen molar-refractivity contribution in [1.29, 1.82) is 0 Å². The summed E-state index contributed by atoms with van der Waals surface area (Å²) >= 11 is 0. The summed E-state index contributed by atoms with van der Waals surface area (Å²) in [6, 6.07) is -0.183. The Balaban J connectivity index is 2.30. The van der Waals surface area contributed by atoms with Gasteiger partial charge in [-0.1, -0.05) is 20.8 Å². The fourth-order valence-electron chi connectivity index (χ4n) is 1.58. The van der Waals surface area contributed by atoms with Crippen LogP contribution in [0.3, 0.4) is 0 Å². The van der Waals surface area contributed by atoms with Crippen molar-refractivity contribution >= 4 is 5.91 Å². The van der Waals surface area contributed by atoms with Crippen LogP contribution in [0.4, 0.5) is 0 Å². The number of carbonyl (C=O) groups excluding carboxylic acids is 1. The molecule has 1 heterocycles. The predicted molar refractivity (Wildman–Crippen MR) is 65.4 cm³/mol. The molecule has 1 amide bonds. The summed E-state index contributed by atoms with van der Waals surface area (Å²) in [7, 11) is 0. The average molecular weight is 244 g/mol. The fourth-order valence-corrected chi connectivity index (χ4v) is 1.58. The first-order valence-corrected chi connectivity index (χ1v) is 6.05. The molecular weight excluding hydrogens is 220 g/mol. The molecule has 1 aliphatic heterocycles. The lowest BCUT2D eigenvalue weighted by atomic mass is 9.85. The number of carbonyl (C=O) groups is 1. The van der Waals surface area contributed by atoms with Gasteiger partial charge in [-0.05, 0) is 5.41 Å². The van der Waals surface area contributed by atoms with Crippen molar-refractivity contribution in [3.05, 3.63) is 0 Å². The van der Waals surface area contributed by atoms with E-state index in [-0.39, 0.29) is 30.3 Å². The van der Waals surface area contributed by atoms with Crippen LogP contribution in [-0.2, 0) is 9.53 Å². The minimum Gasteiger partial charge on any atom is -0.386 e. The van der Waals surface area contributed by atoms with Gasteiger partial charge < -0.3 is 20.9 Å². The Kier molecular flexibility index (Phi) is 4.52. The number of aliphatic hydroxyl groups is 1. The summed E-state index contributed by atoms with van der Waals surface area (Å²) in [5.41, 5.74) is 4.93. The Hall–Kier alpha value is -0.650. The summed E-state index contributed by atoms with van der Waals surface area (Å²) < 4.78 is 5.10. The van der Waals surface area contributed by atoms with E-state index in [9.17, 15) is 9.90 Å². The largest absolute Gasteiger partial charge is 0.386 e. The topological polar surface area (TPSA) is 84.6 Å². The molecule has 0 radical (unpaired) electrons. The SMILES string of the molecule is CC(C)(C)C(N)CC(=O)NCC1(O)CCOC1. The molecule has 1 fully saturated rings. The highest BCUT2D eigenvalue weighted by Crippen LogP contribution is 2.20. The van der Waals surface area contributed by atoms with Gasteiger partial charge >= 0.3 is 0 Å². The van der Waals surface area contributed by atoms with Gasteiger partial charge in [0.1, 0.15) is 5.60 Å². The highest BCUT2D eigenvalue weighted by molar-refractivity contribution is 5.76. The molecular formula is C12H24N2O3. The summed E-state index contributed by atoms with van der Waals surface area (Å²) in [5.74, 6) is -0.118. The second kappa shape index (κ2) is 5.33. The molecule has 2 atom stereocenters. The number of hydrogen-bond donors (Lipinski definition) is 3. The maximum absolute atomic E-state index is 11.7. The fraction of sp³-hybridized carbons (Fsp3) is 0.917. The van der Waals surface area contributed by atoms with Crippen LogP contribution in [0, 0.1) is 5.41 Å². The molecule has 100 valence electrons. The molecule has 2 unspecified atom stereocenters. The zero-order valence-electron chi connectivity index (χ0n) is 11.0. The molecule has 5 heteroatoms. The van der Waals surface area contributed by atoms with Crippen LogP contribution < -0.4 is 11.1 Å². The van der Waals surface area contributed by atoms with E-state index in [1.807, 2.05) is 20.8 Å². The van der Waals surface area contributed by atoms with Crippen LogP contribution in [-0.4, -0.2) is 42.4 Å². The van der Waals surface area contributed by atoms with Crippen molar-refractivity contribution in [2.24, 2.45) is 11.1 Å². The van der Waals surface area contributed by atoms with E-state index < -0.39 is 5.60 Å². The lowest BCUT2D eigenvalue weighted by molar-refractivity contribution is -0.123. The van der Waals surface area contributed by atoms with Crippen LogP contribution in [0.1, 0.15) is 33.6 Å². The van der Waals surface area contributed by atoms with E-state index in [2.05, 4.69) is 5.32 Å². The number of hydrogen-bond acceptors (Lipinski definition) is 4. The molecule has 0 aromatic heterocycles. The Bertz CT molecular complexity index is 267. The van der Waals surface area contributed by atoms with Crippen LogP contribution in [0.25, 0.3) is 0 Å². The minimum atomic E-state index is -0.901. The van der Waals surface area contributed by atoms with E-state index >= 15 is 0 Å². The van der Waals surface area contributed by atoms with Crippen molar-refractivity contribution in [2.45, 2.75) is 45.3 Å². The molecule has 0 aliphatic carbocycles. The van der Waals surface area contributed by atoms with Gasteiger partial charge in [-0.3, -0.25) is 4.79 Å². The van der Waals surface area contributed by atoms with Gasteiger partial charge in [0.2, 0.25) is 5.91 Å². The molecule has 0 bridgehead atoms. The van der Waals surface area contributed by atoms with Gasteiger partial charge in [0.15, 0.2) is 0 Å². The van der Waals surface area contributed by atoms with Crippen LogP contribution >= 0.6 is 0 Å². The first-order valence-electron chi connectivity index (χ1n) is 6.05. The predicted octanol–water partition coefficient (Wildman–Crippen LogP) is 0.0175. The molecule has 0 aromatic carbocycles. The van der Waals surface area contributed by atoms with Crippen molar-refractivity contribution < 1.29 is 14.6 Å². The molecule has 0 saturated carbocycles. The zero-order chi connectivity index (χ0) is 13.1. The minimum absolute atomic E-state index is 0.0925. The maximum atomic E-state index is 11.7. The summed E-state index contributed by atoms with van der Waals surface area (Å²) in [6.07, 6.45) is 0.846. The van der Waals surface area contributed by atoms with E-state index in [0.29, 0.717) is 19.6 Å². The van der Waals surface area contributed by atoms with Crippen LogP contribution in [0.15, 0.2) is 0 Å². The number of ether oxygens (including phenoxy) is 1. The third-order valence-corrected chi connectivity index (χ3v) is 3.21. The van der Waals surface area contributed by atoms with Gasteiger partial charge in [-0.2, -0.15) is 0 Å². The first kappa shape index (κ1) is 14.4. The van der Waals surface area contributed by atoms with Gasteiger partial charge in [0.25, 0.3) is 0 Å². The molecule has 4 N–H and O–H groups in total. The smallest absolute Gasteiger partial charge is 0.221 e. The standard InChI is InChI=1S/C12H24N2O3/c1-11(2,3)9(13)6-10(15)14-7-12(16)4-5-17-8-12/h9,16H,4-8,13H2,1-3H3,(H,14,15). The van der Waals surface area contributed by atoms with Crippen molar-refractivity contribution in [2.75, 3.05) is 19.8 Å². The highest BCUT2D eigenvalue weighted by Gasteiger charge is 2.33. The zero-order valence-corrected chi connectivity index (χ0v) is 11.0. The van der Waals surface area contributed by atoms with Crippen molar-refractivity contribution in [1.82, 2.24) is 5.32 Å². The normalized spacial score (nSPS) is 26.9. The van der Waals surface area contributed by atoms with Gasteiger partial charge in [-0.15, -0.1) is 0 Å². The van der Waals surface area contributed by atoms with E-state index in [0.717, 1.165) is 0 Å². The van der Waals surface area contributed by atoms with Crippen LogP contribution in [0.2, 0.25) is 0 Å². The third-order valence-electron chi connectivity index (χ3n) is 3.21. The lowest BCUT2D eigenvalue weighted by Gasteiger charge is -2.27.